The quantitative estimate of drug-likeness (QED) is 0.475. The highest BCUT2D eigenvalue weighted by molar-refractivity contribution is 5.97. The van der Waals surface area contributed by atoms with Gasteiger partial charge in [0.2, 0.25) is 5.75 Å². The van der Waals surface area contributed by atoms with Crippen LogP contribution in [0.25, 0.3) is 0 Å². The van der Waals surface area contributed by atoms with Crippen molar-refractivity contribution in [2.75, 3.05) is 35.0 Å². The van der Waals surface area contributed by atoms with E-state index in [1.165, 1.54) is 28.4 Å². The highest BCUT2D eigenvalue weighted by Crippen LogP contribution is 2.47. The molecule has 0 aromatic heterocycles. The molecule has 2 heterocycles. The maximum absolute atomic E-state index is 12.9. The third kappa shape index (κ3) is 3.85. The van der Waals surface area contributed by atoms with Crippen molar-refractivity contribution in [2.45, 2.75) is 12.2 Å². The van der Waals surface area contributed by atoms with Crippen molar-refractivity contribution >= 4 is 5.97 Å². The van der Waals surface area contributed by atoms with Crippen LogP contribution in [0.4, 0.5) is 0 Å². The van der Waals surface area contributed by atoms with Crippen LogP contribution in [0.1, 0.15) is 11.1 Å². The van der Waals surface area contributed by atoms with Gasteiger partial charge in [-0.05, 0) is 36.4 Å². The largest absolute Gasteiger partial charge is 0.497 e. The highest BCUT2D eigenvalue weighted by atomic mass is 17.2. The van der Waals surface area contributed by atoms with Gasteiger partial charge in [-0.2, -0.15) is 4.89 Å². The van der Waals surface area contributed by atoms with Crippen LogP contribution in [0.15, 0.2) is 59.4 Å². The molecule has 0 spiro atoms. The Balaban J connectivity index is 1.87. The summed E-state index contributed by atoms with van der Waals surface area (Å²) in [5, 5.41) is 11.7. The summed E-state index contributed by atoms with van der Waals surface area (Å²) >= 11 is 0. The Labute approximate surface area is 190 Å². The Hall–Kier alpha value is -3.69. The standard InChI is InChI=1S/C24H24O9/c1-27-16-8-6-15(7-9-16)24(26)17(20(23(25)32-24)18-11-12-31-33-18)13-14-5-10-19(28-2)22(30-4)21(14)29-3/h5-11,26H,12-13H2,1-4H3. The topological polar surface area (TPSA) is 102 Å². The molecular weight excluding hydrogens is 432 g/mol. The summed E-state index contributed by atoms with van der Waals surface area (Å²) in [6, 6.07) is 10.1. The SMILES string of the molecule is COc1ccc(C2(O)OC(=O)C(C3=CCOO3)=C2Cc2ccc(OC)c(OC)c2OC)cc1. The van der Waals surface area contributed by atoms with E-state index in [9.17, 15) is 9.90 Å². The molecule has 2 aliphatic rings. The van der Waals surface area contributed by atoms with Crippen LogP contribution in [-0.4, -0.2) is 46.1 Å². The first-order valence-corrected chi connectivity index (χ1v) is 10.1. The van der Waals surface area contributed by atoms with E-state index in [0.717, 1.165) is 0 Å². The molecule has 9 nitrogen and oxygen atoms in total. The van der Waals surface area contributed by atoms with Gasteiger partial charge in [-0.15, -0.1) is 0 Å². The predicted molar refractivity (Wildman–Crippen MR) is 115 cm³/mol. The Kier molecular flexibility index (Phi) is 6.17. The lowest BCUT2D eigenvalue weighted by Crippen LogP contribution is -2.29. The van der Waals surface area contributed by atoms with Gasteiger partial charge in [-0.3, -0.25) is 0 Å². The van der Waals surface area contributed by atoms with Gasteiger partial charge in [0.05, 0.1) is 28.4 Å². The molecule has 2 aromatic rings. The minimum absolute atomic E-state index is 0.0772. The van der Waals surface area contributed by atoms with Gasteiger partial charge in [0, 0.05) is 23.1 Å². The van der Waals surface area contributed by atoms with Crippen molar-refractivity contribution in [3.63, 3.8) is 0 Å². The van der Waals surface area contributed by atoms with Crippen molar-refractivity contribution in [1.82, 2.24) is 0 Å². The van der Waals surface area contributed by atoms with E-state index in [0.29, 0.717) is 34.1 Å². The van der Waals surface area contributed by atoms with Crippen LogP contribution in [0.2, 0.25) is 0 Å². The third-order valence-electron chi connectivity index (χ3n) is 5.52. The fraction of sp³-hybridized carbons (Fsp3) is 0.292. The first-order chi connectivity index (χ1) is 16.0. The molecule has 0 fully saturated rings. The monoisotopic (exact) mass is 456 g/mol. The molecule has 1 N–H and O–H groups in total. The van der Waals surface area contributed by atoms with Gasteiger partial charge in [-0.1, -0.05) is 6.07 Å². The van der Waals surface area contributed by atoms with Crippen molar-refractivity contribution in [1.29, 1.82) is 0 Å². The van der Waals surface area contributed by atoms with Crippen LogP contribution in [0, 0.1) is 0 Å². The molecule has 0 bridgehead atoms. The summed E-state index contributed by atoms with van der Waals surface area (Å²) in [5.74, 6) is -0.751. The van der Waals surface area contributed by atoms with E-state index in [-0.39, 0.29) is 29.9 Å². The Bertz CT molecular complexity index is 1120. The van der Waals surface area contributed by atoms with E-state index in [4.69, 9.17) is 33.5 Å². The second-order valence-corrected chi connectivity index (χ2v) is 7.22. The molecule has 33 heavy (non-hydrogen) atoms. The number of aliphatic hydroxyl groups is 1. The van der Waals surface area contributed by atoms with Crippen LogP contribution >= 0.6 is 0 Å². The molecule has 1 atom stereocenters. The molecule has 0 aliphatic carbocycles. The lowest BCUT2D eigenvalue weighted by Gasteiger charge is -2.26. The van der Waals surface area contributed by atoms with Gasteiger partial charge in [0.1, 0.15) is 17.9 Å². The number of esters is 1. The molecule has 0 saturated carbocycles. The second-order valence-electron chi connectivity index (χ2n) is 7.22. The van der Waals surface area contributed by atoms with Crippen molar-refractivity contribution < 1.29 is 43.4 Å². The fourth-order valence-corrected chi connectivity index (χ4v) is 3.92. The van der Waals surface area contributed by atoms with Gasteiger partial charge in [-0.25, -0.2) is 4.79 Å². The average Bonchev–Trinajstić information content (AvgIpc) is 3.45. The van der Waals surface area contributed by atoms with Gasteiger partial charge >= 0.3 is 5.97 Å². The van der Waals surface area contributed by atoms with Crippen molar-refractivity contribution in [3.05, 3.63) is 70.5 Å². The number of rotatable bonds is 8. The molecule has 0 saturated heterocycles. The number of ether oxygens (including phenoxy) is 5. The summed E-state index contributed by atoms with van der Waals surface area (Å²) in [5.41, 5.74) is 1.33. The number of carbonyl (C=O) groups is 1. The second kappa shape index (κ2) is 9.05. The highest BCUT2D eigenvalue weighted by Gasteiger charge is 2.50. The number of benzene rings is 2. The van der Waals surface area contributed by atoms with Gasteiger partial charge < -0.3 is 33.7 Å². The number of hydrogen-bond acceptors (Lipinski definition) is 9. The maximum atomic E-state index is 12.9. The maximum Gasteiger partial charge on any atom is 0.345 e. The van der Waals surface area contributed by atoms with Crippen LogP contribution in [0.5, 0.6) is 23.0 Å². The average molecular weight is 456 g/mol. The molecule has 9 heteroatoms. The minimum Gasteiger partial charge on any atom is -0.497 e. The zero-order chi connectivity index (χ0) is 23.6. The minimum atomic E-state index is -2.05. The lowest BCUT2D eigenvalue weighted by atomic mass is 9.89. The molecule has 2 aromatic carbocycles. The summed E-state index contributed by atoms with van der Waals surface area (Å²) in [6.45, 7) is 0.167. The van der Waals surface area contributed by atoms with E-state index < -0.39 is 11.8 Å². The number of methoxy groups -OCH3 is 4. The summed E-state index contributed by atoms with van der Waals surface area (Å²) < 4.78 is 27.1. The van der Waals surface area contributed by atoms with Gasteiger partial charge in [0.25, 0.3) is 5.79 Å². The lowest BCUT2D eigenvalue weighted by molar-refractivity contribution is -0.231. The summed E-state index contributed by atoms with van der Waals surface area (Å²) in [6.07, 6.45) is 1.68. The number of cyclic esters (lactones) is 1. The molecule has 0 amide bonds. The van der Waals surface area contributed by atoms with Crippen LogP contribution in [-0.2, 0) is 31.5 Å². The first-order valence-electron chi connectivity index (χ1n) is 10.1. The zero-order valence-corrected chi connectivity index (χ0v) is 18.7. The molecule has 2 aliphatic heterocycles. The van der Waals surface area contributed by atoms with Crippen LogP contribution < -0.4 is 18.9 Å². The Morgan fingerprint density at radius 2 is 1.67 bits per heavy atom. The van der Waals surface area contributed by atoms with E-state index in [1.807, 2.05) is 0 Å². The Morgan fingerprint density at radius 3 is 2.24 bits per heavy atom. The molecule has 1 unspecified atom stereocenters. The first kappa shape index (κ1) is 22.5. The van der Waals surface area contributed by atoms with Gasteiger partial charge in [0.15, 0.2) is 17.3 Å². The van der Waals surface area contributed by atoms with Crippen molar-refractivity contribution in [2.24, 2.45) is 0 Å². The van der Waals surface area contributed by atoms with E-state index in [2.05, 4.69) is 0 Å². The number of carbonyl (C=O) groups excluding carboxylic acids is 1. The fourth-order valence-electron chi connectivity index (χ4n) is 3.92. The smallest absolute Gasteiger partial charge is 0.345 e. The third-order valence-corrected chi connectivity index (χ3v) is 5.52. The van der Waals surface area contributed by atoms with E-state index >= 15 is 0 Å². The normalized spacial score (nSPS) is 19.7. The van der Waals surface area contributed by atoms with Crippen molar-refractivity contribution in [3.8, 4) is 23.0 Å². The molecule has 0 radical (unpaired) electrons. The zero-order valence-electron chi connectivity index (χ0n) is 18.7. The number of hydrogen-bond donors (Lipinski definition) is 1. The predicted octanol–water partition coefficient (Wildman–Crippen LogP) is 2.81. The summed E-state index contributed by atoms with van der Waals surface area (Å²) in [4.78, 5) is 23.0. The molecule has 4 rings (SSSR count). The summed E-state index contributed by atoms with van der Waals surface area (Å²) in [7, 11) is 6.06. The Morgan fingerprint density at radius 1 is 0.939 bits per heavy atom. The van der Waals surface area contributed by atoms with Crippen LogP contribution in [0.3, 0.4) is 0 Å². The molecule has 174 valence electrons. The molecular formula is C24H24O9. The van der Waals surface area contributed by atoms with E-state index in [1.54, 1.807) is 42.5 Å².